The van der Waals surface area contributed by atoms with E-state index in [9.17, 15) is 4.79 Å². The van der Waals surface area contributed by atoms with Gasteiger partial charge in [0.1, 0.15) is 0 Å². The van der Waals surface area contributed by atoms with Crippen LogP contribution in [0.3, 0.4) is 0 Å². The fourth-order valence-corrected chi connectivity index (χ4v) is 2.64. The summed E-state index contributed by atoms with van der Waals surface area (Å²) >= 11 is 0. The summed E-state index contributed by atoms with van der Waals surface area (Å²) < 4.78 is 0. The highest BCUT2D eigenvalue weighted by Crippen LogP contribution is 2.15. The molecule has 0 aromatic rings. The minimum Gasteiger partial charge on any atom is -0.356 e. The van der Waals surface area contributed by atoms with Gasteiger partial charge in [-0.15, -0.1) is 24.0 Å². The van der Waals surface area contributed by atoms with Gasteiger partial charge in [0, 0.05) is 32.1 Å². The first-order chi connectivity index (χ1) is 11.3. The predicted octanol–water partition coefficient (Wildman–Crippen LogP) is 2.05. The Hall–Kier alpha value is -0.570. The van der Waals surface area contributed by atoms with E-state index in [2.05, 4.69) is 32.8 Å². The van der Waals surface area contributed by atoms with Crippen LogP contribution in [0.25, 0.3) is 0 Å². The van der Waals surface area contributed by atoms with Crippen LogP contribution in [0.4, 0.5) is 0 Å². The molecule has 25 heavy (non-hydrogen) atoms. The van der Waals surface area contributed by atoms with Gasteiger partial charge in [-0.25, -0.2) is 0 Å². The first-order valence-corrected chi connectivity index (χ1v) is 9.28. The molecule has 1 rings (SSSR count). The Morgan fingerprint density at radius 3 is 2.20 bits per heavy atom. The van der Waals surface area contributed by atoms with Crippen LogP contribution in [-0.2, 0) is 4.79 Å². The average Bonchev–Trinajstić information content (AvgIpc) is 2.53. The summed E-state index contributed by atoms with van der Waals surface area (Å²) in [7, 11) is 1.77. The number of likely N-dealkylation sites (tertiary alicyclic amines) is 1. The van der Waals surface area contributed by atoms with Crippen molar-refractivity contribution in [1.82, 2.24) is 20.9 Å². The summed E-state index contributed by atoms with van der Waals surface area (Å²) in [5.74, 6) is 1.76. The number of hydrogen-bond acceptors (Lipinski definition) is 3. The van der Waals surface area contributed by atoms with Crippen molar-refractivity contribution in [3.05, 3.63) is 0 Å². The number of hydrogen-bond donors (Lipinski definition) is 3. The Morgan fingerprint density at radius 2 is 1.64 bits per heavy atom. The molecule has 0 aromatic heterocycles. The van der Waals surface area contributed by atoms with Crippen molar-refractivity contribution in [1.29, 1.82) is 0 Å². The molecule has 0 atom stereocenters. The Balaban J connectivity index is 0.00000576. The highest BCUT2D eigenvalue weighted by atomic mass is 127. The van der Waals surface area contributed by atoms with E-state index in [-0.39, 0.29) is 35.3 Å². The Kier molecular flexibility index (Phi) is 12.4. The van der Waals surface area contributed by atoms with Crippen LogP contribution in [0.1, 0.15) is 47.0 Å². The normalized spacial score (nSPS) is 16.9. The standard InChI is InChI=1S/C18H37N5O.HI/c1-15-7-13-23(14-8-15)12-6-9-21-17(19-5)22-11-10-20-16(24)18(2,3)4;/h15H,6-14H2,1-5H3,(H,20,24)(H2,19,21,22);1H. The van der Waals surface area contributed by atoms with Gasteiger partial charge in [-0.2, -0.15) is 0 Å². The van der Waals surface area contributed by atoms with E-state index in [1.807, 2.05) is 20.8 Å². The molecule has 1 heterocycles. The molecule has 0 bridgehead atoms. The topological polar surface area (TPSA) is 68.8 Å². The Labute approximate surface area is 171 Å². The van der Waals surface area contributed by atoms with Crippen LogP contribution in [0, 0.1) is 11.3 Å². The van der Waals surface area contributed by atoms with Gasteiger partial charge in [-0.1, -0.05) is 27.7 Å². The Bertz CT molecular complexity index is 401. The van der Waals surface area contributed by atoms with E-state index in [1.54, 1.807) is 7.05 Å². The van der Waals surface area contributed by atoms with Crippen molar-refractivity contribution in [2.24, 2.45) is 16.3 Å². The summed E-state index contributed by atoms with van der Waals surface area (Å²) in [6.45, 7) is 13.9. The molecule has 0 radical (unpaired) electrons. The molecule has 1 amide bonds. The maximum absolute atomic E-state index is 11.8. The van der Waals surface area contributed by atoms with Crippen LogP contribution < -0.4 is 16.0 Å². The van der Waals surface area contributed by atoms with E-state index < -0.39 is 0 Å². The molecule has 0 aromatic carbocycles. The molecule has 3 N–H and O–H groups in total. The molecule has 1 aliphatic heterocycles. The SMILES string of the molecule is CN=C(NCCCN1CCC(C)CC1)NCCNC(=O)C(C)(C)C.I. The van der Waals surface area contributed by atoms with Crippen LogP contribution in [0.5, 0.6) is 0 Å². The second-order valence-electron chi connectivity index (χ2n) is 7.81. The average molecular weight is 467 g/mol. The second-order valence-corrected chi connectivity index (χ2v) is 7.81. The third-order valence-electron chi connectivity index (χ3n) is 4.43. The van der Waals surface area contributed by atoms with Crippen LogP contribution >= 0.6 is 24.0 Å². The first-order valence-electron chi connectivity index (χ1n) is 9.28. The molecule has 0 unspecified atom stereocenters. The van der Waals surface area contributed by atoms with Crippen molar-refractivity contribution in [3.8, 4) is 0 Å². The molecule has 1 aliphatic rings. The molecule has 0 spiro atoms. The van der Waals surface area contributed by atoms with Gasteiger partial charge in [0.15, 0.2) is 5.96 Å². The summed E-state index contributed by atoms with van der Waals surface area (Å²) in [4.78, 5) is 18.5. The molecule has 6 nitrogen and oxygen atoms in total. The maximum Gasteiger partial charge on any atom is 0.225 e. The zero-order valence-electron chi connectivity index (χ0n) is 16.7. The molecular formula is C18H38IN5O. The lowest BCUT2D eigenvalue weighted by Gasteiger charge is -2.30. The number of aliphatic imine (C=N–C) groups is 1. The highest BCUT2D eigenvalue weighted by molar-refractivity contribution is 14.0. The smallest absolute Gasteiger partial charge is 0.225 e. The fraction of sp³-hybridized carbons (Fsp3) is 0.889. The number of carbonyl (C=O) groups excluding carboxylic acids is 1. The zero-order chi connectivity index (χ0) is 18.0. The molecule has 1 fully saturated rings. The van der Waals surface area contributed by atoms with Crippen LogP contribution in [0.15, 0.2) is 4.99 Å². The molecule has 0 saturated carbocycles. The highest BCUT2D eigenvalue weighted by Gasteiger charge is 2.20. The number of amides is 1. The lowest BCUT2D eigenvalue weighted by atomic mass is 9.96. The van der Waals surface area contributed by atoms with E-state index in [1.165, 1.54) is 25.9 Å². The van der Waals surface area contributed by atoms with E-state index in [4.69, 9.17) is 0 Å². The number of nitrogens with one attached hydrogen (secondary N) is 3. The number of piperidine rings is 1. The van der Waals surface area contributed by atoms with Crippen molar-refractivity contribution in [2.45, 2.75) is 47.0 Å². The molecule has 148 valence electrons. The third-order valence-corrected chi connectivity index (χ3v) is 4.43. The van der Waals surface area contributed by atoms with Crippen molar-refractivity contribution in [3.63, 3.8) is 0 Å². The van der Waals surface area contributed by atoms with Gasteiger partial charge in [-0.05, 0) is 44.8 Å². The van der Waals surface area contributed by atoms with Crippen molar-refractivity contribution < 1.29 is 4.79 Å². The van der Waals surface area contributed by atoms with Crippen molar-refractivity contribution in [2.75, 3.05) is 46.3 Å². The summed E-state index contributed by atoms with van der Waals surface area (Å²) in [6, 6.07) is 0. The number of nitrogens with zero attached hydrogens (tertiary/aromatic N) is 2. The minimum absolute atomic E-state index is 0. The molecule has 7 heteroatoms. The van der Waals surface area contributed by atoms with Crippen LogP contribution in [0.2, 0.25) is 0 Å². The van der Waals surface area contributed by atoms with E-state index >= 15 is 0 Å². The van der Waals surface area contributed by atoms with Crippen molar-refractivity contribution >= 4 is 35.8 Å². The van der Waals surface area contributed by atoms with Gasteiger partial charge in [-0.3, -0.25) is 9.79 Å². The Morgan fingerprint density at radius 1 is 1.08 bits per heavy atom. The van der Waals surface area contributed by atoms with Gasteiger partial charge >= 0.3 is 0 Å². The quantitative estimate of drug-likeness (QED) is 0.232. The minimum atomic E-state index is -0.341. The summed E-state index contributed by atoms with van der Waals surface area (Å²) in [5, 5.41) is 9.49. The number of guanidine groups is 1. The monoisotopic (exact) mass is 467 g/mol. The molecular weight excluding hydrogens is 429 g/mol. The fourth-order valence-electron chi connectivity index (χ4n) is 2.64. The van der Waals surface area contributed by atoms with Gasteiger partial charge in [0.05, 0.1) is 0 Å². The lowest BCUT2D eigenvalue weighted by Crippen LogP contribution is -2.44. The largest absolute Gasteiger partial charge is 0.356 e. The number of halogens is 1. The zero-order valence-corrected chi connectivity index (χ0v) is 19.0. The van der Waals surface area contributed by atoms with Gasteiger partial charge in [0.2, 0.25) is 5.91 Å². The molecule has 1 saturated heterocycles. The lowest BCUT2D eigenvalue weighted by molar-refractivity contribution is -0.128. The molecule has 0 aliphatic carbocycles. The van der Waals surface area contributed by atoms with Gasteiger partial charge < -0.3 is 20.9 Å². The second kappa shape index (κ2) is 12.7. The third kappa shape index (κ3) is 10.9. The summed E-state index contributed by atoms with van der Waals surface area (Å²) in [5.41, 5.74) is -0.341. The first kappa shape index (κ1) is 24.4. The summed E-state index contributed by atoms with van der Waals surface area (Å²) in [6.07, 6.45) is 3.78. The number of carbonyl (C=O) groups is 1. The van der Waals surface area contributed by atoms with E-state index in [0.29, 0.717) is 13.1 Å². The number of rotatable bonds is 7. The predicted molar refractivity (Wildman–Crippen MR) is 117 cm³/mol. The van der Waals surface area contributed by atoms with Crippen LogP contribution in [-0.4, -0.2) is 63.1 Å². The maximum atomic E-state index is 11.8. The van der Waals surface area contributed by atoms with E-state index in [0.717, 1.165) is 31.4 Å². The van der Waals surface area contributed by atoms with Gasteiger partial charge in [0.25, 0.3) is 0 Å².